The Labute approximate surface area is 93.7 Å². The van der Waals surface area contributed by atoms with Crippen molar-refractivity contribution in [3.63, 3.8) is 0 Å². The third-order valence-electron chi connectivity index (χ3n) is 2.37. The molecule has 3 N–H and O–H groups in total. The zero-order chi connectivity index (χ0) is 11.4. The first-order chi connectivity index (χ1) is 7.75. The van der Waals surface area contributed by atoms with Crippen LogP contribution in [0.4, 0.5) is 12.0 Å². The maximum atomic E-state index is 5.32. The normalized spacial score (nSPS) is 12.3. The van der Waals surface area contributed by atoms with Crippen LogP contribution in [0.25, 0.3) is 0 Å². The molecule has 1 atom stereocenters. The van der Waals surface area contributed by atoms with Crippen molar-refractivity contribution < 1.29 is 4.42 Å². The van der Waals surface area contributed by atoms with E-state index in [2.05, 4.69) is 34.6 Å². The highest BCUT2D eigenvalue weighted by molar-refractivity contribution is 5.25. The summed E-state index contributed by atoms with van der Waals surface area (Å²) < 4.78 is 5.01. The Morgan fingerprint density at radius 1 is 1.31 bits per heavy atom. The van der Waals surface area contributed by atoms with Crippen LogP contribution in [0.2, 0.25) is 0 Å². The first-order valence-corrected chi connectivity index (χ1v) is 5.13. The third-order valence-corrected chi connectivity index (χ3v) is 2.37. The van der Waals surface area contributed by atoms with Gasteiger partial charge in [0, 0.05) is 6.54 Å². The smallest absolute Gasteiger partial charge is 0.316 e. The zero-order valence-electron chi connectivity index (χ0n) is 9.05. The monoisotopic (exact) mass is 218 g/mol. The van der Waals surface area contributed by atoms with Gasteiger partial charge in [-0.15, -0.1) is 0 Å². The summed E-state index contributed by atoms with van der Waals surface area (Å²) in [7, 11) is 0. The Balaban J connectivity index is 1.91. The number of hydrogen-bond acceptors (Lipinski definition) is 5. The first-order valence-electron chi connectivity index (χ1n) is 5.13. The summed E-state index contributed by atoms with van der Waals surface area (Å²) >= 11 is 0. The van der Waals surface area contributed by atoms with Crippen molar-refractivity contribution in [3.8, 4) is 0 Å². The Morgan fingerprint density at radius 2 is 2.06 bits per heavy atom. The molecule has 0 saturated carbocycles. The predicted octanol–water partition coefficient (Wildman–Crippen LogP) is 1.87. The molecule has 1 heterocycles. The van der Waals surface area contributed by atoms with Crippen molar-refractivity contribution in [2.24, 2.45) is 0 Å². The highest BCUT2D eigenvalue weighted by Crippen LogP contribution is 2.15. The molecule has 5 nitrogen and oxygen atoms in total. The van der Waals surface area contributed by atoms with Gasteiger partial charge in [0.05, 0.1) is 0 Å². The number of benzene rings is 1. The Hall–Kier alpha value is -2.04. The second-order valence-electron chi connectivity index (χ2n) is 3.64. The molecule has 0 amide bonds. The summed E-state index contributed by atoms with van der Waals surface area (Å²) in [6.45, 7) is 2.85. The lowest BCUT2D eigenvalue weighted by Gasteiger charge is -2.11. The van der Waals surface area contributed by atoms with Crippen LogP contribution < -0.4 is 11.1 Å². The Kier molecular flexibility index (Phi) is 3.05. The quantitative estimate of drug-likeness (QED) is 0.819. The van der Waals surface area contributed by atoms with Gasteiger partial charge in [0.25, 0.3) is 0 Å². The summed E-state index contributed by atoms with van der Waals surface area (Å²) in [5.74, 6) is 0.370. The van der Waals surface area contributed by atoms with Crippen LogP contribution in [-0.4, -0.2) is 16.7 Å². The molecular formula is C11H14N4O. The van der Waals surface area contributed by atoms with Crippen molar-refractivity contribution in [2.75, 3.05) is 17.6 Å². The lowest BCUT2D eigenvalue weighted by molar-refractivity contribution is 0.582. The minimum Gasteiger partial charge on any atom is -0.390 e. The molecule has 0 aliphatic rings. The van der Waals surface area contributed by atoms with Crippen LogP contribution in [0.15, 0.2) is 34.7 Å². The van der Waals surface area contributed by atoms with Gasteiger partial charge in [-0.05, 0) is 11.5 Å². The second kappa shape index (κ2) is 4.65. The number of nitrogens with zero attached hydrogens (tertiary/aromatic N) is 2. The number of aromatic nitrogens is 2. The molecule has 1 aromatic heterocycles. The zero-order valence-corrected chi connectivity index (χ0v) is 9.05. The molecule has 0 fully saturated rings. The van der Waals surface area contributed by atoms with E-state index in [9.17, 15) is 0 Å². The van der Waals surface area contributed by atoms with E-state index in [1.165, 1.54) is 5.56 Å². The van der Waals surface area contributed by atoms with Crippen molar-refractivity contribution in [1.29, 1.82) is 0 Å². The molecule has 0 radical (unpaired) electrons. The van der Waals surface area contributed by atoms with Gasteiger partial charge >= 0.3 is 12.0 Å². The van der Waals surface area contributed by atoms with Crippen molar-refractivity contribution in [3.05, 3.63) is 35.9 Å². The molecule has 2 aromatic rings. The second-order valence-corrected chi connectivity index (χ2v) is 3.64. The van der Waals surface area contributed by atoms with E-state index in [4.69, 9.17) is 10.2 Å². The fourth-order valence-corrected chi connectivity index (χ4v) is 1.45. The van der Waals surface area contributed by atoms with Crippen molar-refractivity contribution in [1.82, 2.24) is 10.2 Å². The Bertz CT molecular complexity index is 440. The summed E-state index contributed by atoms with van der Waals surface area (Å²) in [4.78, 5) is 0. The fourth-order valence-electron chi connectivity index (χ4n) is 1.45. The highest BCUT2D eigenvalue weighted by Gasteiger charge is 2.07. The molecule has 16 heavy (non-hydrogen) atoms. The lowest BCUT2D eigenvalue weighted by atomic mass is 10.0. The van der Waals surface area contributed by atoms with E-state index < -0.39 is 0 Å². The lowest BCUT2D eigenvalue weighted by Crippen LogP contribution is -2.09. The maximum absolute atomic E-state index is 5.32. The predicted molar refractivity (Wildman–Crippen MR) is 62.1 cm³/mol. The summed E-state index contributed by atoms with van der Waals surface area (Å²) in [5.41, 5.74) is 6.58. The van der Waals surface area contributed by atoms with Gasteiger partial charge in [0.15, 0.2) is 0 Å². The minimum absolute atomic E-state index is 0.0786. The number of nitrogen functional groups attached to an aromatic ring is 1. The third kappa shape index (κ3) is 2.50. The standard InChI is InChI=1S/C11H14N4O/c1-8(9-5-3-2-4-6-9)7-13-11-15-14-10(12)16-11/h2-6,8H,7H2,1H3,(H2,12,14)(H,13,15). The highest BCUT2D eigenvalue weighted by atomic mass is 16.4. The van der Waals surface area contributed by atoms with Crippen LogP contribution in [0.5, 0.6) is 0 Å². The average molecular weight is 218 g/mol. The number of hydrogen-bond donors (Lipinski definition) is 2. The fraction of sp³-hybridized carbons (Fsp3) is 0.273. The summed E-state index contributed by atoms with van der Waals surface area (Å²) in [6, 6.07) is 10.7. The molecule has 5 heteroatoms. The van der Waals surface area contributed by atoms with E-state index >= 15 is 0 Å². The first kappa shape index (κ1) is 10.5. The largest absolute Gasteiger partial charge is 0.390 e. The average Bonchev–Trinajstić information content (AvgIpc) is 2.73. The van der Waals surface area contributed by atoms with Crippen LogP contribution in [-0.2, 0) is 0 Å². The van der Waals surface area contributed by atoms with Crippen LogP contribution in [0, 0.1) is 0 Å². The van der Waals surface area contributed by atoms with Gasteiger partial charge < -0.3 is 15.5 Å². The number of anilines is 2. The van der Waals surface area contributed by atoms with Crippen molar-refractivity contribution >= 4 is 12.0 Å². The molecule has 0 aliphatic carbocycles. The van der Waals surface area contributed by atoms with E-state index in [0.29, 0.717) is 11.9 Å². The molecule has 1 aromatic carbocycles. The molecule has 84 valence electrons. The maximum Gasteiger partial charge on any atom is 0.316 e. The van der Waals surface area contributed by atoms with Gasteiger partial charge in [-0.2, -0.15) is 0 Å². The van der Waals surface area contributed by atoms with Gasteiger partial charge in [0.2, 0.25) is 0 Å². The van der Waals surface area contributed by atoms with E-state index in [-0.39, 0.29) is 6.01 Å². The minimum atomic E-state index is 0.0786. The van der Waals surface area contributed by atoms with E-state index in [1.807, 2.05) is 18.2 Å². The SMILES string of the molecule is CC(CNc1nnc(N)o1)c1ccccc1. The van der Waals surface area contributed by atoms with Gasteiger partial charge in [0.1, 0.15) is 0 Å². The van der Waals surface area contributed by atoms with Crippen molar-refractivity contribution in [2.45, 2.75) is 12.8 Å². The summed E-state index contributed by atoms with van der Waals surface area (Å²) in [6.07, 6.45) is 0. The molecule has 2 rings (SSSR count). The number of rotatable bonds is 4. The molecule has 0 aliphatic heterocycles. The topological polar surface area (TPSA) is 77.0 Å². The van der Waals surface area contributed by atoms with Gasteiger partial charge in [-0.1, -0.05) is 47.5 Å². The molecular weight excluding hydrogens is 204 g/mol. The molecule has 1 unspecified atom stereocenters. The van der Waals surface area contributed by atoms with Crippen LogP contribution in [0.3, 0.4) is 0 Å². The van der Waals surface area contributed by atoms with E-state index in [1.54, 1.807) is 0 Å². The van der Waals surface area contributed by atoms with Crippen LogP contribution >= 0.6 is 0 Å². The summed E-state index contributed by atoms with van der Waals surface area (Å²) in [5, 5.41) is 10.3. The van der Waals surface area contributed by atoms with Gasteiger partial charge in [-0.3, -0.25) is 0 Å². The Morgan fingerprint density at radius 3 is 2.69 bits per heavy atom. The number of nitrogens with one attached hydrogen (secondary N) is 1. The molecule has 0 bridgehead atoms. The van der Waals surface area contributed by atoms with Crippen LogP contribution in [0.1, 0.15) is 18.4 Å². The van der Waals surface area contributed by atoms with Gasteiger partial charge in [-0.25, -0.2) is 0 Å². The molecule has 0 spiro atoms. The van der Waals surface area contributed by atoms with E-state index in [0.717, 1.165) is 6.54 Å². The number of nitrogens with two attached hydrogens (primary N) is 1. The molecule has 0 saturated heterocycles.